The quantitative estimate of drug-likeness (QED) is 0.639. The fourth-order valence-corrected chi connectivity index (χ4v) is 3.15. The van der Waals surface area contributed by atoms with E-state index >= 15 is 0 Å². The molecule has 0 bridgehead atoms. The summed E-state index contributed by atoms with van der Waals surface area (Å²) in [5.74, 6) is 0. The molecule has 1 aliphatic heterocycles. The summed E-state index contributed by atoms with van der Waals surface area (Å²) < 4.78 is 0. The molecule has 4 nitrogen and oxygen atoms in total. The first-order valence-electron chi connectivity index (χ1n) is 7.27. The highest BCUT2D eigenvalue weighted by atomic mass is 15.0. The van der Waals surface area contributed by atoms with Crippen molar-refractivity contribution >= 4 is 38.9 Å². The number of nitrogens with zero attached hydrogens (tertiary/aromatic N) is 3. The predicted molar refractivity (Wildman–Crippen MR) is 89.8 cm³/mol. The second-order valence-corrected chi connectivity index (χ2v) is 5.43. The van der Waals surface area contributed by atoms with Crippen molar-refractivity contribution in [1.82, 2.24) is 9.97 Å². The summed E-state index contributed by atoms with van der Waals surface area (Å²) >= 11 is 0. The van der Waals surface area contributed by atoms with Crippen LogP contribution in [0.5, 0.6) is 0 Å². The van der Waals surface area contributed by atoms with Crippen molar-refractivity contribution < 1.29 is 0 Å². The van der Waals surface area contributed by atoms with Crippen LogP contribution in [0.3, 0.4) is 0 Å². The molecule has 22 heavy (non-hydrogen) atoms. The van der Waals surface area contributed by atoms with E-state index in [9.17, 15) is 0 Å². The van der Waals surface area contributed by atoms with Gasteiger partial charge in [0, 0.05) is 23.2 Å². The normalized spacial score (nSPS) is 18.7. The predicted octanol–water partition coefficient (Wildman–Crippen LogP) is 3.78. The summed E-state index contributed by atoms with van der Waals surface area (Å²) in [5, 5.41) is 5.69. The molecule has 0 spiro atoms. The topological polar surface area (TPSA) is 50.2 Å². The Morgan fingerprint density at radius 3 is 2.55 bits per heavy atom. The zero-order chi connectivity index (χ0) is 14.5. The maximum atomic E-state index is 4.89. The number of fused-ring (bicyclic) bond motifs is 7. The minimum atomic E-state index is 0.120. The standard InChI is InChI=1S/C18H12N4/c1-2-8-14-13(7-1)21-17-11-5-3-9-19-15(11)16-12(18(17)22-14)6-4-10-20-16/h1-10,13,21H. The van der Waals surface area contributed by atoms with Crippen LogP contribution >= 0.6 is 0 Å². The van der Waals surface area contributed by atoms with Gasteiger partial charge in [0.05, 0.1) is 34.2 Å². The number of aliphatic imine (C=N–C) groups is 1. The molecule has 0 saturated carbocycles. The average Bonchev–Trinajstić information content (AvgIpc) is 2.61. The molecular weight excluding hydrogens is 272 g/mol. The van der Waals surface area contributed by atoms with Crippen LogP contribution in [0.4, 0.5) is 11.4 Å². The van der Waals surface area contributed by atoms with Crippen LogP contribution in [-0.4, -0.2) is 21.7 Å². The first-order valence-corrected chi connectivity index (χ1v) is 7.27. The van der Waals surface area contributed by atoms with E-state index in [-0.39, 0.29) is 6.04 Å². The lowest BCUT2D eigenvalue weighted by atomic mass is 9.99. The van der Waals surface area contributed by atoms with Crippen molar-refractivity contribution in [2.24, 2.45) is 4.99 Å². The van der Waals surface area contributed by atoms with E-state index in [1.165, 1.54) is 0 Å². The molecule has 1 aliphatic carbocycles. The molecule has 0 radical (unpaired) electrons. The number of hydrogen-bond acceptors (Lipinski definition) is 4. The Hall–Kier alpha value is -3.01. The molecule has 0 fully saturated rings. The Morgan fingerprint density at radius 2 is 1.68 bits per heavy atom. The molecule has 0 amide bonds. The zero-order valence-corrected chi connectivity index (χ0v) is 11.7. The zero-order valence-electron chi connectivity index (χ0n) is 11.7. The van der Waals surface area contributed by atoms with E-state index in [0.717, 1.165) is 38.9 Å². The lowest BCUT2D eigenvalue weighted by molar-refractivity contribution is 1.13. The third-order valence-electron chi connectivity index (χ3n) is 4.14. The van der Waals surface area contributed by atoms with Crippen LogP contribution in [0.15, 0.2) is 66.0 Å². The number of nitrogens with one attached hydrogen (secondary N) is 1. The van der Waals surface area contributed by atoms with Gasteiger partial charge >= 0.3 is 0 Å². The maximum absolute atomic E-state index is 4.89. The first-order chi connectivity index (χ1) is 10.9. The number of hydrogen-bond donors (Lipinski definition) is 1. The van der Waals surface area contributed by atoms with E-state index < -0.39 is 0 Å². The Bertz CT molecular complexity index is 1010. The van der Waals surface area contributed by atoms with Crippen molar-refractivity contribution in [2.45, 2.75) is 6.04 Å². The highest BCUT2D eigenvalue weighted by Gasteiger charge is 2.24. The summed E-state index contributed by atoms with van der Waals surface area (Å²) in [4.78, 5) is 14.0. The largest absolute Gasteiger partial charge is 0.371 e. The SMILES string of the molecule is C1=CC2=Nc3c(c4cccnc4c4ncccc34)NC2C=C1. The van der Waals surface area contributed by atoms with Crippen molar-refractivity contribution in [1.29, 1.82) is 0 Å². The van der Waals surface area contributed by atoms with Crippen molar-refractivity contribution in [3.63, 3.8) is 0 Å². The van der Waals surface area contributed by atoms with E-state index in [1.54, 1.807) is 6.20 Å². The Balaban J connectivity index is 1.97. The highest BCUT2D eigenvalue weighted by Crippen LogP contribution is 2.43. The lowest BCUT2D eigenvalue weighted by Gasteiger charge is -2.26. The molecule has 4 heteroatoms. The highest BCUT2D eigenvalue weighted by molar-refractivity contribution is 6.20. The molecule has 1 atom stereocenters. The molecule has 1 N–H and O–H groups in total. The number of anilines is 1. The Labute approximate surface area is 126 Å². The van der Waals surface area contributed by atoms with Crippen molar-refractivity contribution in [3.8, 4) is 0 Å². The van der Waals surface area contributed by atoms with Crippen LogP contribution in [0.25, 0.3) is 21.8 Å². The van der Waals surface area contributed by atoms with E-state index in [2.05, 4.69) is 39.6 Å². The van der Waals surface area contributed by atoms with Crippen molar-refractivity contribution in [2.75, 3.05) is 5.32 Å². The molecule has 2 aromatic heterocycles. The van der Waals surface area contributed by atoms with Gasteiger partial charge in [-0.25, -0.2) is 4.99 Å². The third kappa shape index (κ3) is 1.49. The summed E-state index contributed by atoms with van der Waals surface area (Å²) in [7, 11) is 0. The summed E-state index contributed by atoms with van der Waals surface area (Å²) in [6.07, 6.45) is 11.9. The van der Waals surface area contributed by atoms with E-state index in [0.29, 0.717) is 0 Å². The average molecular weight is 284 g/mol. The second-order valence-electron chi connectivity index (χ2n) is 5.43. The first kappa shape index (κ1) is 11.6. The van der Waals surface area contributed by atoms with Crippen molar-refractivity contribution in [3.05, 3.63) is 61.0 Å². The Kier molecular flexibility index (Phi) is 2.24. The van der Waals surface area contributed by atoms with Crippen LogP contribution in [0, 0.1) is 0 Å². The minimum absolute atomic E-state index is 0.120. The number of pyridine rings is 2. The van der Waals surface area contributed by atoms with Gasteiger partial charge in [-0.15, -0.1) is 0 Å². The van der Waals surface area contributed by atoms with Gasteiger partial charge in [-0.2, -0.15) is 0 Å². The molecular formula is C18H12N4. The molecule has 104 valence electrons. The number of aromatic nitrogens is 2. The number of benzene rings is 1. The summed E-state index contributed by atoms with van der Waals surface area (Å²) in [5.41, 5.74) is 4.84. The molecule has 1 aromatic carbocycles. The van der Waals surface area contributed by atoms with Gasteiger partial charge in [0.1, 0.15) is 0 Å². The van der Waals surface area contributed by atoms with Gasteiger partial charge in [-0.05, 0) is 30.3 Å². The number of rotatable bonds is 0. The smallest absolute Gasteiger partial charge is 0.0987 e. The maximum Gasteiger partial charge on any atom is 0.0987 e. The molecule has 3 aromatic rings. The van der Waals surface area contributed by atoms with Crippen LogP contribution in [-0.2, 0) is 0 Å². The fourth-order valence-electron chi connectivity index (χ4n) is 3.15. The third-order valence-corrected chi connectivity index (χ3v) is 4.14. The molecule has 1 unspecified atom stereocenters. The second kappa shape index (κ2) is 4.24. The lowest BCUT2D eigenvalue weighted by Crippen LogP contribution is -2.30. The van der Waals surface area contributed by atoms with Crippen LogP contribution in [0.2, 0.25) is 0 Å². The monoisotopic (exact) mass is 284 g/mol. The van der Waals surface area contributed by atoms with Gasteiger partial charge < -0.3 is 5.32 Å². The van der Waals surface area contributed by atoms with Gasteiger partial charge in [0.25, 0.3) is 0 Å². The minimum Gasteiger partial charge on any atom is -0.371 e. The molecule has 5 rings (SSSR count). The molecule has 3 heterocycles. The van der Waals surface area contributed by atoms with E-state index in [1.807, 2.05) is 30.5 Å². The van der Waals surface area contributed by atoms with Crippen LogP contribution in [0.1, 0.15) is 0 Å². The summed E-state index contributed by atoms with van der Waals surface area (Å²) in [6.45, 7) is 0. The van der Waals surface area contributed by atoms with Crippen LogP contribution < -0.4 is 5.32 Å². The van der Waals surface area contributed by atoms with Gasteiger partial charge in [-0.3, -0.25) is 9.97 Å². The van der Waals surface area contributed by atoms with Gasteiger partial charge in [-0.1, -0.05) is 18.2 Å². The van der Waals surface area contributed by atoms with Gasteiger partial charge in [0.2, 0.25) is 0 Å². The fraction of sp³-hybridized carbons (Fsp3) is 0.0556. The Morgan fingerprint density at radius 1 is 0.909 bits per heavy atom. The summed E-state index contributed by atoms with van der Waals surface area (Å²) in [6, 6.07) is 8.15. The van der Waals surface area contributed by atoms with Gasteiger partial charge in [0.15, 0.2) is 0 Å². The molecule has 2 aliphatic rings. The number of allylic oxidation sites excluding steroid dienone is 2. The molecule has 0 saturated heterocycles. The van der Waals surface area contributed by atoms with E-state index in [4.69, 9.17) is 4.99 Å².